The van der Waals surface area contributed by atoms with E-state index in [4.69, 9.17) is 5.73 Å². The van der Waals surface area contributed by atoms with Crippen molar-refractivity contribution in [3.05, 3.63) is 36.0 Å². The van der Waals surface area contributed by atoms with Crippen molar-refractivity contribution in [2.45, 2.75) is 44.2 Å². The molecule has 2 amide bonds. The SMILES string of the molecule is Cn1ccc2cccc(C(=O)N[C@@H](CCCN)C(=O)N[C@H]3CCC[C@H]3C(=O)O)c21. The third-order valence-electron chi connectivity index (χ3n) is 5.62. The van der Waals surface area contributed by atoms with E-state index in [9.17, 15) is 19.5 Å². The summed E-state index contributed by atoms with van der Waals surface area (Å²) >= 11 is 0. The molecule has 156 valence electrons. The van der Waals surface area contributed by atoms with Crippen molar-refractivity contribution in [2.75, 3.05) is 6.54 Å². The molecule has 1 aromatic heterocycles. The van der Waals surface area contributed by atoms with Crippen LogP contribution >= 0.6 is 0 Å². The standard InChI is InChI=1S/C21H28N4O4/c1-25-12-10-13-5-2-7-15(18(13)25)19(26)24-17(9-4-11-22)20(27)23-16-8-3-6-14(16)21(28)29/h2,5,7,10,12,14,16-17H,3-4,6,8-9,11,22H2,1H3,(H,23,27)(H,24,26)(H,28,29)/t14-,16+,17+/m1/s1. The minimum absolute atomic E-state index is 0.337. The van der Waals surface area contributed by atoms with Gasteiger partial charge in [-0.25, -0.2) is 0 Å². The second-order valence-corrected chi connectivity index (χ2v) is 7.62. The first-order valence-electron chi connectivity index (χ1n) is 10.0. The molecule has 8 heteroatoms. The van der Waals surface area contributed by atoms with Crippen LogP contribution in [0.2, 0.25) is 0 Å². The second kappa shape index (κ2) is 9.09. The zero-order valence-electron chi connectivity index (χ0n) is 16.6. The number of hydrogen-bond donors (Lipinski definition) is 4. The number of rotatable bonds is 8. The Morgan fingerprint density at radius 2 is 2.07 bits per heavy atom. The molecular weight excluding hydrogens is 372 g/mol. The molecular formula is C21H28N4O4. The topological polar surface area (TPSA) is 126 Å². The van der Waals surface area contributed by atoms with E-state index in [2.05, 4.69) is 10.6 Å². The molecule has 2 aromatic rings. The summed E-state index contributed by atoms with van der Waals surface area (Å²) < 4.78 is 1.87. The first kappa shape index (κ1) is 20.9. The molecule has 0 aliphatic heterocycles. The van der Waals surface area contributed by atoms with E-state index in [1.807, 2.05) is 36.0 Å². The number of carbonyl (C=O) groups excluding carboxylic acids is 2. The maximum Gasteiger partial charge on any atom is 0.308 e. The molecule has 1 heterocycles. The van der Waals surface area contributed by atoms with Gasteiger partial charge in [0.25, 0.3) is 5.91 Å². The van der Waals surface area contributed by atoms with E-state index in [0.717, 1.165) is 17.3 Å². The highest BCUT2D eigenvalue weighted by Crippen LogP contribution is 2.26. The maximum atomic E-state index is 13.0. The van der Waals surface area contributed by atoms with Crippen molar-refractivity contribution in [1.29, 1.82) is 0 Å². The lowest BCUT2D eigenvalue weighted by molar-refractivity contribution is -0.142. The monoisotopic (exact) mass is 400 g/mol. The van der Waals surface area contributed by atoms with Crippen LogP contribution in [0.15, 0.2) is 30.5 Å². The number of nitrogens with two attached hydrogens (primary N) is 1. The van der Waals surface area contributed by atoms with Crippen LogP contribution in [-0.4, -0.2) is 46.1 Å². The molecule has 3 atom stereocenters. The number of hydrogen-bond acceptors (Lipinski definition) is 4. The van der Waals surface area contributed by atoms with E-state index >= 15 is 0 Å². The van der Waals surface area contributed by atoms with Crippen molar-refractivity contribution in [3.63, 3.8) is 0 Å². The van der Waals surface area contributed by atoms with Gasteiger partial charge in [0.1, 0.15) is 6.04 Å². The summed E-state index contributed by atoms with van der Waals surface area (Å²) in [4.78, 5) is 37.2. The number of fused-ring (bicyclic) bond motifs is 1. The van der Waals surface area contributed by atoms with Gasteiger partial charge in [0, 0.05) is 24.7 Å². The third-order valence-corrected chi connectivity index (χ3v) is 5.62. The van der Waals surface area contributed by atoms with Gasteiger partial charge < -0.3 is 26.0 Å². The van der Waals surface area contributed by atoms with Crippen LogP contribution in [-0.2, 0) is 16.6 Å². The largest absolute Gasteiger partial charge is 0.481 e. The van der Waals surface area contributed by atoms with Gasteiger partial charge in [0.15, 0.2) is 0 Å². The Morgan fingerprint density at radius 1 is 1.28 bits per heavy atom. The lowest BCUT2D eigenvalue weighted by Gasteiger charge is -2.23. The summed E-state index contributed by atoms with van der Waals surface area (Å²) in [7, 11) is 1.86. The van der Waals surface area contributed by atoms with E-state index in [0.29, 0.717) is 37.8 Å². The number of nitrogens with zero attached hydrogens (tertiary/aromatic N) is 1. The zero-order valence-corrected chi connectivity index (χ0v) is 16.6. The summed E-state index contributed by atoms with van der Waals surface area (Å²) in [6, 6.07) is 6.22. The van der Waals surface area contributed by atoms with Crippen LogP contribution in [0.1, 0.15) is 42.5 Å². The third kappa shape index (κ3) is 4.59. The van der Waals surface area contributed by atoms with Crippen LogP contribution in [0.4, 0.5) is 0 Å². The first-order valence-corrected chi connectivity index (χ1v) is 10.0. The summed E-state index contributed by atoms with van der Waals surface area (Å²) in [6.07, 6.45) is 4.78. The van der Waals surface area contributed by atoms with E-state index in [-0.39, 0.29) is 11.8 Å². The molecule has 0 spiro atoms. The zero-order chi connectivity index (χ0) is 21.0. The van der Waals surface area contributed by atoms with E-state index < -0.39 is 24.0 Å². The Morgan fingerprint density at radius 3 is 2.79 bits per heavy atom. The fraction of sp³-hybridized carbons (Fsp3) is 0.476. The highest BCUT2D eigenvalue weighted by molar-refractivity contribution is 6.07. The molecule has 0 unspecified atom stereocenters. The number of benzene rings is 1. The molecule has 5 N–H and O–H groups in total. The molecule has 1 aromatic carbocycles. The van der Waals surface area contributed by atoms with Gasteiger partial charge >= 0.3 is 5.97 Å². The molecule has 8 nitrogen and oxygen atoms in total. The quantitative estimate of drug-likeness (QED) is 0.533. The Balaban J connectivity index is 1.76. The Bertz CT molecular complexity index is 907. The van der Waals surface area contributed by atoms with Crippen molar-refractivity contribution in [3.8, 4) is 0 Å². The number of aryl methyl sites for hydroxylation is 1. The molecule has 29 heavy (non-hydrogen) atoms. The molecule has 0 saturated heterocycles. The first-order chi connectivity index (χ1) is 13.9. The highest BCUT2D eigenvalue weighted by Gasteiger charge is 2.35. The van der Waals surface area contributed by atoms with Crippen LogP contribution in [0, 0.1) is 5.92 Å². The number of aromatic nitrogens is 1. The minimum atomic E-state index is -0.897. The summed E-state index contributed by atoms with van der Waals surface area (Å²) in [5.41, 5.74) is 6.89. The molecule has 3 rings (SSSR count). The van der Waals surface area contributed by atoms with Crippen molar-refractivity contribution in [1.82, 2.24) is 15.2 Å². The van der Waals surface area contributed by atoms with Gasteiger partial charge in [-0.1, -0.05) is 18.6 Å². The molecule has 1 aliphatic rings. The number of aliphatic carboxylic acids is 1. The molecule has 1 saturated carbocycles. The minimum Gasteiger partial charge on any atom is -0.481 e. The Labute approximate surface area is 169 Å². The number of para-hydroxylation sites is 1. The van der Waals surface area contributed by atoms with Crippen LogP contribution in [0.25, 0.3) is 10.9 Å². The number of nitrogens with one attached hydrogen (secondary N) is 2. The predicted octanol–water partition coefficient (Wildman–Crippen LogP) is 1.39. The Kier molecular flexibility index (Phi) is 6.53. The average Bonchev–Trinajstić information content (AvgIpc) is 3.31. The van der Waals surface area contributed by atoms with E-state index in [1.54, 1.807) is 6.07 Å². The van der Waals surface area contributed by atoms with Crippen molar-refractivity contribution in [2.24, 2.45) is 18.7 Å². The molecule has 0 radical (unpaired) electrons. The lowest BCUT2D eigenvalue weighted by atomic mass is 10.0. The summed E-state index contributed by atoms with van der Waals surface area (Å²) in [5, 5.41) is 15.9. The van der Waals surface area contributed by atoms with Gasteiger partial charge in [-0.3, -0.25) is 14.4 Å². The van der Waals surface area contributed by atoms with Crippen LogP contribution < -0.4 is 16.4 Å². The fourth-order valence-corrected chi connectivity index (χ4v) is 4.08. The number of carboxylic acids is 1. The fourth-order valence-electron chi connectivity index (χ4n) is 4.08. The maximum absolute atomic E-state index is 13.0. The van der Waals surface area contributed by atoms with Gasteiger partial charge in [-0.2, -0.15) is 0 Å². The highest BCUT2D eigenvalue weighted by atomic mass is 16.4. The molecule has 0 bridgehead atoms. The number of amides is 2. The van der Waals surface area contributed by atoms with Gasteiger partial charge in [0.05, 0.1) is 17.0 Å². The van der Waals surface area contributed by atoms with Gasteiger partial charge in [-0.05, 0) is 44.4 Å². The van der Waals surface area contributed by atoms with Crippen LogP contribution in [0.5, 0.6) is 0 Å². The normalized spacial score (nSPS) is 19.8. The molecule has 1 fully saturated rings. The summed E-state index contributed by atoms with van der Waals surface area (Å²) in [6.45, 7) is 0.397. The average molecular weight is 400 g/mol. The van der Waals surface area contributed by atoms with Crippen LogP contribution in [0.3, 0.4) is 0 Å². The lowest BCUT2D eigenvalue weighted by Crippen LogP contribution is -2.51. The number of carbonyl (C=O) groups is 3. The van der Waals surface area contributed by atoms with Crippen molar-refractivity contribution < 1.29 is 19.5 Å². The second-order valence-electron chi connectivity index (χ2n) is 7.62. The van der Waals surface area contributed by atoms with Gasteiger partial charge in [-0.15, -0.1) is 0 Å². The number of carboxylic acid groups (broad SMARTS) is 1. The molecule has 1 aliphatic carbocycles. The Hall–Kier alpha value is -2.87. The smallest absolute Gasteiger partial charge is 0.308 e. The predicted molar refractivity (Wildman–Crippen MR) is 109 cm³/mol. The summed E-state index contributed by atoms with van der Waals surface area (Å²) in [5.74, 6) is -2.17. The van der Waals surface area contributed by atoms with Crippen molar-refractivity contribution >= 4 is 28.7 Å². The van der Waals surface area contributed by atoms with Gasteiger partial charge in [0.2, 0.25) is 5.91 Å². The van der Waals surface area contributed by atoms with E-state index in [1.165, 1.54) is 0 Å².